The lowest BCUT2D eigenvalue weighted by Crippen LogP contribution is -2.27. The van der Waals surface area contributed by atoms with Gasteiger partial charge in [-0.15, -0.1) is 3.89 Å². The van der Waals surface area contributed by atoms with Gasteiger partial charge >= 0.3 is 16.4 Å². The molecule has 0 spiro atoms. The summed E-state index contributed by atoms with van der Waals surface area (Å²) in [5, 5.41) is -2.12. The van der Waals surface area contributed by atoms with Gasteiger partial charge in [-0.25, -0.2) is 0 Å². The lowest BCUT2D eigenvalue weighted by atomic mass is 10.2. The van der Waals surface area contributed by atoms with E-state index in [1.54, 1.807) is 0 Å². The highest BCUT2D eigenvalue weighted by atomic mass is 35.5. The molecule has 1 fully saturated rings. The van der Waals surface area contributed by atoms with E-state index in [1.165, 1.54) is 0 Å². The van der Waals surface area contributed by atoms with E-state index in [-0.39, 0.29) is 5.69 Å². The van der Waals surface area contributed by atoms with Crippen LogP contribution in [0.15, 0.2) is 18.2 Å². The molecule has 4 nitrogen and oxygen atoms in total. The van der Waals surface area contributed by atoms with Crippen molar-refractivity contribution >= 4 is 33.4 Å². The normalized spacial score (nSPS) is 20.1. The van der Waals surface area contributed by atoms with Crippen LogP contribution < -0.4 is 4.90 Å². The minimum absolute atomic E-state index is 0.178. The van der Waals surface area contributed by atoms with Crippen molar-refractivity contribution in [3.05, 3.63) is 28.8 Å². The van der Waals surface area contributed by atoms with Crippen molar-refractivity contribution in [1.82, 2.24) is 0 Å². The molecule has 0 radical (unpaired) electrons. The van der Waals surface area contributed by atoms with E-state index in [0.29, 0.717) is 6.07 Å². The topological polar surface area (TPSA) is 54.5 Å². The summed E-state index contributed by atoms with van der Waals surface area (Å²) in [5.41, 5.74) is -1.33. The fraction of sp³-hybridized carbons (Fsp3) is 0.364. The largest absolute Gasteiger partial charge is 0.417 e. The molecule has 1 saturated heterocycles. The second kappa shape index (κ2) is 5.13. The van der Waals surface area contributed by atoms with Gasteiger partial charge in [-0.05, 0) is 18.2 Å². The molecular formula is C11H8ClF4NO3S. The van der Waals surface area contributed by atoms with Crippen molar-refractivity contribution in [2.75, 3.05) is 11.4 Å². The quantitative estimate of drug-likeness (QED) is 0.612. The van der Waals surface area contributed by atoms with Crippen LogP contribution in [0.3, 0.4) is 0 Å². The first-order chi connectivity index (χ1) is 9.50. The van der Waals surface area contributed by atoms with E-state index in [4.69, 9.17) is 11.6 Å². The predicted octanol–water partition coefficient (Wildman–Crippen LogP) is 2.76. The van der Waals surface area contributed by atoms with Crippen LogP contribution in [0.5, 0.6) is 0 Å². The van der Waals surface area contributed by atoms with Gasteiger partial charge in [-0.1, -0.05) is 11.6 Å². The number of rotatable bonds is 2. The third kappa shape index (κ3) is 3.29. The molecule has 1 aromatic rings. The summed E-state index contributed by atoms with van der Waals surface area (Å²) in [6.07, 6.45) is -5.33. The summed E-state index contributed by atoms with van der Waals surface area (Å²) < 4.78 is 72.7. The van der Waals surface area contributed by atoms with Gasteiger partial charge in [-0.3, -0.25) is 4.79 Å². The third-order valence-electron chi connectivity index (χ3n) is 3.05. The maximum absolute atomic E-state index is 12.9. The van der Waals surface area contributed by atoms with Crippen molar-refractivity contribution in [3.63, 3.8) is 0 Å². The lowest BCUT2D eigenvalue weighted by molar-refractivity contribution is -0.137. The second-order valence-electron chi connectivity index (χ2n) is 4.47. The molecule has 0 N–H and O–H groups in total. The summed E-state index contributed by atoms with van der Waals surface area (Å²) in [4.78, 5) is 12.5. The molecule has 116 valence electrons. The zero-order chi connectivity index (χ0) is 16.0. The Morgan fingerprint density at radius 1 is 1.29 bits per heavy atom. The molecule has 2 rings (SSSR count). The SMILES string of the molecule is O=C1CC(S(=O)(=O)F)CN1c1ccc(Cl)c(C(F)(F)F)c1. The molecule has 1 atom stereocenters. The van der Waals surface area contributed by atoms with Crippen LogP contribution in [-0.2, 0) is 21.2 Å². The number of halogens is 5. The molecule has 1 aromatic carbocycles. The molecule has 0 saturated carbocycles. The first-order valence-corrected chi connectivity index (χ1v) is 7.43. The minimum atomic E-state index is -4.93. The predicted molar refractivity (Wildman–Crippen MR) is 67.2 cm³/mol. The lowest BCUT2D eigenvalue weighted by Gasteiger charge is -2.18. The average molecular weight is 346 g/mol. The first kappa shape index (κ1) is 16.0. The van der Waals surface area contributed by atoms with Crippen molar-refractivity contribution < 1.29 is 30.3 Å². The number of amides is 1. The highest BCUT2D eigenvalue weighted by molar-refractivity contribution is 7.87. The van der Waals surface area contributed by atoms with Crippen LogP contribution in [0, 0.1) is 0 Å². The zero-order valence-electron chi connectivity index (χ0n) is 10.2. The summed E-state index contributed by atoms with van der Waals surface area (Å²) in [5.74, 6) is -0.767. The Kier molecular flexibility index (Phi) is 3.92. The van der Waals surface area contributed by atoms with Crippen LogP contribution in [-0.4, -0.2) is 26.1 Å². The highest BCUT2D eigenvalue weighted by Crippen LogP contribution is 2.38. The zero-order valence-corrected chi connectivity index (χ0v) is 11.8. The fourth-order valence-corrected chi connectivity index (χ4v) is 2.90. The Balaban J connectivity index is 2.38. The number of carbonyl (C=O) groups is 1. The first-order valence-electron chi connectivity index (χ1n) is 5.60. The van der Waals surface area contributed by atoms with Gasteiger partial charge in [0.1, 0.15) is 5.25 Å². The number of nitrogens with zero attached hydrogens (tertiary/aromatic N) is 1. The molecule has 1 aliphatic heterocycles. The molecule has 0 aliphatic carbocycles. The van der Waals surface area contributed by atoms with E-state index < -0.39 is 51.1 Å². The van der Waals surface area contributed by atoms with Crippen LogP contribution >= 0.6 is 11.6 Å². The molecule has 21 heavy (non-hydrogen) atoms. The fourth-order valence-electron chi connectivity index (χ4n) is 2.01. The Morgan fingerprint density at radius 2 is 1.90 bits per heavy atom. The van der Waals surface area contributed by atoms with Gasteiger partial charge in [0, 0.05) is 18.7 Å². The number of hydrogen-bond donors (Lipinski definition) is 0. The van der Waals surface area contributed by atoms with E-state index in [0.717, 1.165) is 17.0 Å². The van der Waals surface area contributed by atoms with Crippen molar-refractivity contribution in [2.24, 2.45) is 0 Å². The number of anilines is 1. The summed E-state index contributed by atoms with van der Waals surface area (Å²) in [6.45, 7) is -0.531. The van der Waals surface area contributed by atoms with E-state index in [2.05, 4.69) is 0 Å². The molecule has 1 unspecified atom stereocenters. The molecule has 10 heteroatoms. The Morgan fingerprint density at radius 3 is 2.38 bits per heavy atom. The Bertz CT molecular complexity index is 689. The van der Waals surface area contributed by atoms with Gasteiger partial charge in [-0.2, -0.15) is 21.6 Å². The Hall–Kier alpha value is -1.35. The van der Waals surface area contributed by atoms with Gasteiger partial charge < -0.3 is 4.90 Å². The van der Waals surface area contributed by atoms with Gasteiger partial charge in [0.05, 0.1) is 10.6 Å². The van der Waals surface area contributed by atoms with Crippen LogP contribution in [0.2, 0.25) is 5.02 Å². The monoisotopic (exact) mass is 345 g/mol. The van der Waals surface area contributed by atoms with Crippen LogP contribution in [0.4, 0.5) is 22.7 Å². The van der Waals surface area contributed by atoms with Gasteiger partial charge in [0.15, 0.2) is 0 Å². The second-order valence-corrected chi connectivity index (χ2v) is 6.49. The number of alkyl halides is 3. The number of hydrogen-bond acceptors (Lipinski definition) is 3. The van der Waals surface area contributed by atoms with E-state index in [9.17, 15) is 30.3 Å². The maximum Gasteiger partial charge on any atom is 0.417 e. The summed E-state index contributed by atoms with van der Waals surface area (Å²) in [7, 11) is -4.93. The third-order valence-corrected chi connectivity index (χ3v) is 4.50. The van der Waals surface area contributed by atoms with Gasteiger partial charge in [0.2, 0.25) is 5.91 Å². The number of carbonyl (C=O) groups excluding carboxylic acids is 1. The standard InChI is InChI=1S/C11H8ClF4NO3S/c12-9-2-1-6(3-8(9)11(13,14)15)17-5-7(4-10(17)18)21(16,19)20/h1-3,7H,4-5H2. The van der Waals surface area contributed by atoms with Crippen molar-refractivity contribution in [2.45, 2.75) is 17.8 Å². The molecule has 0 aromatic heterocycles. The summed E-state index contributed by atoms with van der Waals surface area (Å²) in [6, 6.07) is 2.72. The summed E-state index contributed by atoms with van der Waals surface area (Å²) >= 11 is 5.45. The van der Waals surface area contributed by atoms with Gasteiger partial charge in [0.25, 0.3) is 0 Å². The highest BCUT2D eigenvalue weighted by Gasteiger charge is 2.40. The van der Waals surface area contributed by atoms with Crippen molar-refractivity contribution in [3.8, 4) is 0 Å². The average Bonchev–Trinajstić information content (AvgIpc) is 2.70. The van der Waals surface area contributed by atoms with Crippen LogP contribution in [0.1, 0.15) is 12.0 Å². The van der Waals surface area contributed by atoms with Crippen molar-refractivity contribution in [1.29, 1.82) is 0 Å². The molecule has 1 amide bonds. The van der Waals surface area contributed by atoms with E-state index in [1.807, 2.05) is 0 Å². The molecule has 1 heterocycles. The molecule has 1 aliphatic rings. The van der Waals surface area contributed by atoms with E-state index >= 15 is 0 Å². The molecule has 0 bridgehead atoms. The smallest absolute Gasteiger partial charge is 0.311 e. The van der Waals surface area contributed by atoms with Crippen LogP contribution in [0.25, 0.3) is 0 Å². The maximum atomic E-state index is 12.9. The Labute approximate surface area is 122 Å². The molecular weight excluding hydrogens is 338 g/mol. The minimum Gasteiger partial charge on any atom is -0.311 e. The number of benzene rings is 1.